The fourth-order valence-electron chi connectivity index (χ4n) is 2.60. The van der Waals surface area contributed by atoms with E-state index in [1.807, 2.05) is 0 Å². The minimum Gasteiger partial charge on any atom is -0.299 e. The van der Waals surface area contributed by atoms with Crippen molar-refractivity contribution in [2.75, 3.05) is 0 Å². The summed E-state index contributed by atoms with van der Waals surface area (Å²) in [7, 11) is 0. The van der Waals surface area contributed by atoms with Gasteiger partial charge in [-0.2, -0.15) is 0 Å². The summed E-state index contributed by atoms with van der Waals surface area (Å²) in [6.45, 7) is 8.77. The van der Waals surface area contributed by atoms with E-state index in [9.17, 15) is 4.79 Å². The van der Waals surface area contributed by atoms with Gasteiger partial charge in [0.1, 0.15) is 5.78 Å². The summed E-state index contributed by atoms with van der Waals surface area (Å²) in [5.41, 5.74) is 0. The van der Waals surface area contributed by atoms with Gasteiger partial charge in [-0.3, -0.25) is 4.79 Å². The first-order valence-electron chi connectivity index (χ1n) is 5.54. The van der Waals surface area contributed by atoms with Crippen LogP contribution in [-0.4, -0.2) is 5.78 Å². The Balaban J connectivity index is 2.56. The Morgan fingerprint density at radius 1 is 1.31 bits per heavy atom. The lowest BCUT2D eigenvalue weighted by molar-refractivity contribution is -0.130. The van der Waals surface area contributed by atoms with Crippen LogP contribution in [0.15, 0.2) is 0 Å². The molecule has 1 rings (SSSR count). The third kappa shape index (κ3) is 2.82. The van der Waals surface area contributed by atoms with Gasteiger partial charge in [0.15, 0.2) is 0 Å². The van der Waals surface area contributed by atoms with Crippen LogP contribution in [0, 0.1) is 23.7 Å². The molecule has 1 saturated carbocycles. The number of hydrogen-bond donors (Lipinski definition) is 0. The number of hydrogen-bond acceptors (Lipinski definition) is 1. The summed E-state index contributed by atoms with van der Waals surface area (Å²) >= 11 is 0. The number of carbonyl (C=O) groups excluding carboxylic acids is 1. The van der Waals surface area contributed by atoms with Gasteiger partial charge in [0.2, 0.25) is 0 Å². The fraction of sp³-hybridized carbons (Fsp3) is 0.917. The molecule has 0 aromatic heterocycles. The molecule has 0 aliphatic heterocycles. The standard InChI is InChI=1S/C12H22O/c1-8(2)5-11-7-9(3)6-10(4)12(11)13/h8-11H,5-7H2,1-4H3/t9?,10?,11-/m0/s1. The van der Waals surface area contributed by atoms with Crippen molar-refractivity contribution in [2.24, 2.45) is 23.7 Å². The molecular weight excluding hydrogens is 160 g/mol. The molecule has 0 saturated heterocycles. The van der Waals surface area contributed by atoms with Crippen molar-refractivity contribution in [1.29, 1.82) is 0 Å². The zero-order valence-corrected chi connectivity index (χ0v) is 9.34. The van der Waals surface area contributed by atoms with Gasteiger partial charge >= 0.3 is 0 Å². The van der Waals surface area contributed by atoms with E-state index in [1.165, 1.54) is 0 Å². The van der Waals surface area contributed by atoms with E-state index in [0.717, 1.165) is 25.2 Å². The Labute approximate surface area is 81.9 Å². The second kappa shape index (κ2) is 4.26. The van der Waals surface area contributed by atoms with Crippen LogP contribution in [0.1, 0.15) is 47.0 Å². The zero-order valence-electron chi connectivity index (χ0n) is 9.34. The highest BCUT2D eigenvalue weighted by molar-refractivity contribution is 5.83. The number of rotatable bonds is 2. The maximum atomic E-state index is 11.8. The molecule has 0 radical (unpaired) electrons. The van der Waals surface area contributed by atoms with Gasteiger partial charge in [-0.05, 0) is 31.1 Å². The van der Waals surface area contributed by atoms with E-state index in [2.05, 4.69) is 27.7 Å². The molecule has 1 aliphatic rings. The molecule has 2 unspecified atom stereocenters. The highest BCUT2D eigenvalue weighted by Crippen LogP contribution is 2.33. The zero-order chi connectivity index (χ0) is 10.0. The van der Waals surface area contributed by atoms with Gasteiger partial charge < -0.3 is 0 Å². The number of Topliss-reactive ketones (excluding diaryl/α,β-unsaturated/α-hetero) is 1. The molecule has 76 valence electrons. The van der Waals surface area contributed by atoms with Crippen LogP contribution >= 0.6 is 0 Å². The second-order valence-electron chi connectivity index (χ2n) is 5.21. The second-order valence-corrected chi connectivity index (χ2v) is 5.21. The smallest absolute Gasteiger partial charge is 0.138 e. The lowest BCUT2D eigenvalue weighted by Crippen LogP contribution is -2.31. The van der Waals surface area contributed by atoms with Gasteiger partial charge in [-0.15, -0.1) is 0 Å². The van der Waals surface area contributed by atoms with E-state index in [1.54, 1.807) is 0 Å². The summed E-state index contributed by atoms with van der Waals surface area (Å²) in [6, 6.07) is 0. The Morgan fingerprint density at radius 3 is 2.46 bits per heavy atom. The maximum Gasteiger partial charge on any atom is 0.138 e. The third-order valence-corrected chi connectivity index (χ3v) is 3.09. The van der Waals surface area contributed by atoms with Crippen molar-refractivity contribution in [3.05, 3.63) is 0 Å². The first kappa shape index (κ1) is 10.7. The molecule has 3 atom stereocenters. The van der Waals surface area contributed by atoms with Crippen molar-refractivity contribution in [2.45, 2.75) is 47.0 Å². The van der Waals surface area contributed by atoms with Gasteiger partial charge in [0.25, 0.3) is 0 Å². The van der Waals surface area contributed by atoms with Crippen molar-refractivity contribution in [3.8, 4) is 0 Å². The molecule has 1 heteroatoms. The van der Waals surface area contributed by atoms with E-state index >= 15 is 0 Å². The Hall–Kier alpha value is -0.330. The third-order valence-electron chi connectivity index (χ3n) is 3.09. The molecule has 1 fully saturated rings. The Kier molecular flexibility index (Phi) is 3.52. The molecule has 0 amide bonds. The average Bonchev–Trinajstić information content (AvgIpc) is 1.98. The minimum absolute atomic E-state index is 0.312. The molecule has 13 heavy (non-hydrogen) atoms. The van der Waals surface area contributed by atoms with E-state index in [-0.39, 0.29) is 0 Å². The Bertz CT molecular complexity index is 182. The molecule has 0 heterocycles. The summed E-state index contributed by atoms with van der Waals surface area (Å²) in [4.78, 5) is 11.8. The number of ketones is 1. The van der Waals surface area contributed by atoms with Crippen LogP contribution in [0.3, 0.4) is 0 Å². The van der Waals surface area contributed by atoms with Crippen LogP contribution in [0.5, 0.6) is 0 Å². The first-order valence-corrected chi connectivity index (χ1v) is 5.54. The molecule has 0 N–H and O–H groups in total. The highest BCUT2D eigenvalue weighted by Gasteiger charge is 2.31. The monoisotopic (exact) mass is 182 g/mol. The van der Waals surface area contributed by atoms with Crippen LogP contribution in [-0.2, 0) is 4.79 Å². The van der Waals surface area contributed by atoms with Gasteiger partial charge in [0.05, 0.1) is 0 Å². The molecule has 1 aliphatic carbocycles. The lowest BCUT2D eigenvalue weighted by atomic mass is 9.73. The van der Waals surface area contributed by atoms with E-state index in [0.29, 0.717) is 23.5 Å². The summed E-state index contributed by atoms with van der Waals surface area (Å²) in [6.07, 6.45) is 3.32. The van der Waals surface area contributed by atoms with Crippen molar-refractivity contribution >= 4 is 5.78 Å². The van der Waals surface area contributed by atoms with Crippen LogP contribution in [0.4, 0.5) is 0 Å². The fourth-order valence-corrected chi connectivity index (χ4v) is 2.60. The quantitative estimate of drug-likeness (QED) is 0.640. The topological polar surface area (TPSA) is 17.1 Å². The summed E-state index contributed by atoms with van der Waals surface area (Å²) < 4.78 is 0. The Morgan fingerprint density at radius 2 is 1.92 bits per heavy atom. The lowest BCUT2D eigenvalue weighted by Gasteiger charge is -2.31. The van der Waals surface area contributed by atoms with Crippen molar-refractivity contribution in [3.63, 3.8) is 0 Å². The summed E-state index contributed by atoms with van der Waals surface area (Å²) in [5, 5.41) is 0. The molecule has 1 nitrogen and oxygen atoms in total. The largest absolute Gasteiger partial charge is 0.299 e. The normalized spacial score (nSPS) is 35.5. The predicted octanol–water partition coefficient (Wildman–Crippen LogP) is 3.28. The molecule has 0 aromatic carbocycles. The molecule has 0 aromatic rings. The van der Waals surface area contributed by atoms with E-state index < -0.39 is 0 Å². The van der Waals surface area contributed by atoms with Gasteiger partial charge in [-0.1, -0.05) is 27.7 Å². The maximum absolute atomic E-state index is 11.8. The molecule has 0 spiro atoms. The predicted molar refractivity (Wildman–Crippen MR) is 55.5 cm³/mol. The van der Waals surface area contributed by atoms with Crippen LogP contribution < -0.4 is 0 Å². The molecular formula is C12H22O. The van der Waals surface area contributed by atoms with Crippen molar-refractivity contribution < 1.29 is 4.79 Å². The van der Waals surface area contributed by atoms with E-state index in [4.69, 9.17) is 0 Å². The number of carbonyl (C=O) groups is 1. The average molecular weight is 182 g/mol. The van der Waals surface area contributed by atoms with Crippen LogP contribution in [0.2, 0.25) is 0 Å². The van der Waals surface area contributed by atoms with Crippen molar-refractivity contribution in [1.82, 2.24) is 0 Å². The van der Waals surface area contributed by atoms with Gasteiger partial charge in [0, 0.05) is 11.8 Å². The minimum atomic E-state index is 0.312. The van der Waals surface area contributed by atoms with Gasteiger partial charge in [-0.25, -0.2) is 0 Å². The molecule has 0 bridgehead atoms. The summed E-state index contributed by atoms with van der Waals surface area (Å²) in [5.74, 6) is 2.60. The highest BCUT2D eigenvalue weighted by atomic mass is 16.1. The first-order chi connectivity index (χ1) is 6.00. The van der Waals surface area contributed by atoms with Crippen LogP contribution in [0.25, 0.3) is 0 Å². The SMILES string of the molecule is CC(C)C[C@H]1CC(C)CC(C)C1=O.